The van der Waals surface area contributed by atoms with Gasteiger partial charge in [-0.1, -0.05) is 0 Å². The first kappa shape index (κ1) is 6.73. The van der Waals surface area contributed by atoms with E-state index in [1.807, 2.05) is 6.92 Å². The van der Waals surface area contributed by atoms with Crippen molar-refractivity contribution in [1.29, 1.82) is 0 Å². The molecule has 0 spiro atoms. The Hall–Kier alpha value is -0.960. The molecular formula is C8H11N3. The lowest BCUT2D eigenvalue weighted by molar-refractivity contribution is 0.629. The number of hydrogen-bond donors (Lipinski definition) is 1. The summed E-state index contributed by atoms with van der Waals surface area (Å²) in [6, 6.07) is 0.422. The van der Waals surface area contributed by atoms with Crippen molar-refractivity contribution in [3.63, 3.8) is 0 Å². The summed E-state index contributed by atoms with van der Waals surface area (Å²) in [6.45, 7) is 5.06. The Morgan fingerprint density at radius 1 is 1.55 bits per heavy atom. The molecule has 2 rings (SSSR count). The van der Waals surface area contributed by atoms with Gasteiger partial charge in [0.25, 0.3) is 0 Å². The van der Waals surface area contributed by atoms with E-state index >= 15 is 0 Å². The Labute approximate surface area is 65.9 Å². The highest BCUT2D eigenvalue weighted by molar-refractivity contribution is 5.30. The molecule has 1 aliphatic heterocycles. The quantitative estimate of drug-likeness (QED) is 0.596. The van der Waals surface area contributed by atoms with Crippen LogP contribution in [0.2, 0.25) is 0 Å². The Morgan fingerprint density at radius 2 is 2.36 bits per heavy atom. The molecule has 0 saturated carbocycles. The van der Waals surface area contributed by atoms with Crippen LogP contribution in [0.5, 0.6) is 0 Å². The summed E-state index contributed by atoms with van der Waals surface area (Å²) >= 11 is 0. The van der Waals surface area contributed by atoms with Crippen molar-refractivity contribution in [2.45, 2.75) is 26.4 Å². The lowest BCUT2D eigenvalue weighted by atomic mass is 10.1. The fraction of sp³-hybridized carbons (Fsp3) is 0.500. The molecule has 0 amide bonds. The van der Waals surface area contributed by atoms with Crippen molar-refractivity contribution >= 4 is 0 Å². The van der Waals surface area contributed by atoms with Gasteiger partial charge in [-0.3, -0.25) is 0 Å². The maximum atomic E-state index is 4.20. The van der Waals surface area contributed by atoms with Gasteiger partial charge in [0.15, 0.2) is 0 Å². The normalized spacial score (nSPS) is 21.8. The monoisotopic (exact) mass is 149 g/mol. The average Bonchev–Trinajstić information content (AvgIpc) is 2.34. The minimum atomic E-state index is 0.422. The molecule has 0 saturated heterocycles. The minimum Gasteiger partial charge on any atom is -0.304 e. The molecule has 0 fully saturated rings. The Morgan fingerprint density at radius 3 is 3.09 bits per heavy atom. The molecule has 11 heavy (non-hydrogen) atoms. The molecule has 0 aliphatic carbocycles. The predicted octanol–water partition coefficient (Wildman–Crippen LogP) is 0.949. The molecule has 0 aromatic carbocycles. The van der Waals surface area contributed by atoms with Gasteiger partial charge in [-0.15, -0.1) is 0 Å². The van der Waals surface area contributed by atoms with Gasteiger partial charge >= 0.3 is 0 Å². The van der Waals surface area contributed by atoms with Crippen molar-refractivity contribution in [2.24, 2.45) is 0 Å². The molecule has 1 N–H and O–H groups in total. The van der Waals surface area contributed by atoms with Gasteiger partial charge in [0.2, 0.25) is 0 Å². The largest absolute Gasteiger partial charge is 0.304 e. The molecule has 0 radical (unpaired) electrons. The van der Waals surface area contributed by atoms with Crippen LogP contribution in [-0.2, 0) is 6.54 Å². The zero-order valence-corrected chi connectivity index (χ0v) is 6.76. The molecule has 58 valence electrons. The fourth-order valence-corrected chi connectivity index (χ4v) is 1.59. The maximum Gasteiger partial charge on any atom is 0.115 e. The SMILES string of the molecule is Cc1ncnc2c1C(C)NC2. The van der Waals surface area contributed by atoms with Gasteiger partial charge in [-0.25, -0.2) is 9.97 Å². The lowest BCUT2D eigenvalue weighted by Gasteiger charge is -2.05. The molecule has 3 heteroatoms. The number of fused-ring (bicyclic) bond motifs is 1. The molecule has 1 aromatic heterocycles. The molecular weight excluding hydrogens is 138 g/mol. The van der Waals surface area contributed by atoms with Crippen LogP contribution in [0.25, 0.3) is 0 Å². The van der Waals surface area contributed by atoms with Crippen LogP contribution in [0.1, 0.15) is 29.9 Å². The van der Waals surface area contributed by atoms with Crippen LogP contribution < -0.4 is 5.32 Å². The predicted molar refractivity (Wildman–Crippen MR) is 42.0 cm³/mol. The van der Waals surface area contributed by atoms with E-state index in [0.29, 0.717) is 6.04 Å². The second-order valence-corrected chi connectivity index (χ2v) is 2.92. The fourth-order valence-electron chi connectivity index (χ4n) is 1.59. The summed E-state index contributed by atoms with van der Waals surface area (Å²) in [7, 11) is 0. The second-order valence-electron chi connectivity index (χ2n) is 2.92. The lowest BCUT2D eigenvalue weighted by Crippen LogP contribution is -2.07. The number of hydrogen-bond acceptors (Lipinski definition) is 3. The number of aromatic nitrogens is 2. The molecule has 3 nitrogen and oxygen atoms in total. The standard InChI is InChI=1S/C8H11N3/c1-5-8-6(2)10-4-11-7(8)3-9-5/h4-5,9H,3H2,1-2H3. The van der Waals surface area contributed by atoms with Gasteiger partial charge in [-0.2, -0.15) is 0 Å². The zero-order chi connectivity index (χ0) is 7.84. The van der Waals surface area contributed by atoms with E-state index in [9.17, 15) is 0 Å². The van der Waals surface area contributed by atoms with Gasteiger partial charge in [0.05, 0.1) is 5.69 Å². The van der Waals surface area contributed by atoms with Crippen LogP contribution in [-0.4, -0.2) is 9.97 Å². The van der Waals surface area contributed by atoms with Crippen molar-refractivity contribution in [3.05, 3.63) is 23.3 Å². The van der Waals surface area contributed by atoms with E-state index in [1.165, 1.54) is 5.56 Å². The smallest absolute Gasteiger partial charge is 0.115 e. The highest BCUT2D eigenvalue weighted by Crippen LogP contribution is 2.24. The van der Waals surface area contributed by atoms with Crippen LogP contribution in [0.15, 0.2) is 6.33 Å². The second kappa shape index (κ2) is 2.27. The third-order valence-corrected chi connectivity index (χ3v) is 2.17. The third kappa shape index (κ3) is 0.922. The molecule has 2 heterocycles. The minimum absolute atomic E-state index is 0.422. The number of nitrogens with zero attached hydrogens (tertiary/aromatic N) is 2. The summed E-state index contributed by atoms with van der Waals surface area (Å²) in [5, 5.41) is 3.32. The van der Waals surface area contributed by atoms with Gasteiger partial charge < -0.3 is 5.32 Å². The van der Waals surface area contributed by atoms with Crippen LogP contribution in [0, 0.1) is 6.92 Å². The molecule has 1 unspecified atom stereocenters. The summed E-state index contributed by atoms with van der Waals surface area (Å²) in [4.78, 5) is 8.35. The molecule has 1 atom stereocenters. The summed E-state index contributed by atoms with van der Waals surface area (Å²) in [6.07, 6.45) is 1.63. The van der Waals surface area contributed by atoms with Crippen LogP contribution >= 0.6 is 0 Å². The van der Waals surface area contributed by atoms with E-state index < -0.39 is 0 Å². The summed E-state index contributed by atoms with van der Waals surface area (Å²) < 4.78 is 0. The van der Waals surface area contributed by atoms with Gasteiger partial charge in [0.1, 0.15) is 6.33 Å². The van der Waals surface area contributed by atoms with E-state index in [2.05, 4.69) is 22.2 Å². The molecule has 0 bridgehead atoms. The van der Waals surface area contributed by atoms with Crippen molar-refractivity contribution in [2.75, 3.05) is 0 Å². The zero-order valence-electron chi connectivity index (χ0n) is 6.76. The first-order chi connectivity index (χ1) is 5.29. The highest BCUT2D eigenvalue weighted by Gasteiger charge is 2.20. The van der Waals surface area contributed by atoms with Crippen molar-refractivity contribution < 1.29 is 0 Å². The third-order valence-electron chi connectivity index (χ3n) is 2.17. The highest BCUT2D eigenvalue weighted by atomic mass is 15.0. The Bertz CT molecular complexity index is 283. The van der Waals surface area contributed by atoms with Gasteiger partial charge in [0, 0.05) is 23.8 Å². The maximum absolute atomic E-state index is 4.20. The van der Waals surface area contributed by atoms with Crippen LogP contribution in [0.4, 0.5) is 0 Å². The number of rotatable bonds is 0. The van der Waals surface area contributed by atoms with E-state index in [4.69, 9.17) is 0 Å². The first-order valence-electron chi connectivity index (χ1n) is 3.83. The molecule has 1 aromatic rings. The number of aryl methyl sites for hydroxylation is 1. The number of nitrogens with one attached hydrogen (secondary N) is 1. The van der Waals surface area contributed by atoms with Crippen molar-refractivity contribution in [1.82, 2.24) is 15.3 Å². The Kier molecular flexibility index (Phi) is 1.39. The topological polar surface area (TPSA) is 37.8 Å². The summed E-state index contributed by atoms with van der Waals surface area (Å²) in [5.41, 5.74) is 3.55. The Balaban J connectivity index is 2.58. The van der Waals surface area contributed by atoms with Crippen molar-refractivity contribution in [3.8, 4) is 0 Å². The first-order valence-corrected chi connectivity index (χ1v) is 3.83. The average molecular weight is 149 g/mol. The van der Waals surface area contributed by atoms with Gasteiger partial charge in [-0.05, 0) is 13.8 Å². The van der Waals surface area contributed by atoms with E-state index in [-0.39, 0.29) is 0 Å². The summed E-state index contributed by atoms with van der Waals surface area (Å²) in [5.74, 6) is 0. The van der Waals surface area contributed by atoms with Crippen LogP contribution in [0.3, 0.4) is 0 Å². The van der Waals surface area contributed by atoms with E-state index in [1.54, 1.807) is 6.33 Å². The van der Waals surface area contributed by atoms with E-state index in [0.717, 1.165) is 17.9 Å². The molecule has 1 aliphatic rings.